The fourth-order valence-corrected chi connectivity index (χ4v) is 3.81. The Morgan fingerprint density at radius 1 is 1.00 bits per heavy atom. The summed E-state index contributed by atoms with van der Waals surface area (Å²) < 4.78 is 10.5. The maximum Gasteiger partial charge on any atom is 0.222 e. The van der Waals surface area contributed by atoms with Crippen LogP contribution >= 0.6 is 0 Å². The van der Waals surface area contributed by atoms with Crippen LogP contribution in [-0.2, 0) is 17.8 Å². The molecule has 3 aromatic rings. The summed E-state index contributed by atoms with van der Waals surface area (Å²) in [5.41, 5.74) is 3.08. The molecule has 2 aromatic carbocycles. The van der Waals surface area contributed by atoms with E-state index in [2.05, 4.69) is 14.9 Å². The number of hydrogen-bond acceptors (Lipinski definition) is 5. The van der Waals surface area contributed by atoms with Crippen molar-refractivity contribution in [3.05, 3.63) is 53.9 Å². The van der Waals surface area contributed by atoms with E-state index < -0.39 is 0 Å². The van der Waals surface area contributed by atoms with Crippen molar-refractivity contribution in [2.45, 2.75) is 19.4 Å². The van der Waals surface area contributed by atoms with Crippen LogP contribution in [0.3, 0.4) is 0 Å². The maximum absolute atomic E-state index is 12.6. The molecule has 1 saturated heterocycles. The van der Waals surface area contributed by atoms with Gasteiger partial charge in [0.05, 0.1) is 31.8 Å². The van der Waals surface area contributed by atoms with Crippen LogP contribution in [0.4, 0.5) is 0 Å². The number of imidazole rings is 1. The topological polar surface area (TPSA) is 70.7 Å². The van der Waals surface area contributed by atoms with Gasteiger partial charge in [0.2, 0.25) is 5.91 Å². The molecule has 0 unspecified atom stereocenters. The van der Waals surface area contributed by atoms with E-state index in [0.717, 1.165) is 73.1 Å². The molecular formula is C23H28N4O3. The van der Waals surface area contributed by atoms with Gasteiger partial charge in [0.15, 0.2) is 0 Å². The zero-order valence-electron chi connectivity index (χ0n) is 17.6. The molecule has 158 valence electrons. The molecule has 0 radical (unpaired) electrons. The Morgan fingerprint density at radius 2 is 1.70 bits per heavy atom. The SMILES string of the molecule is COc1ccc(CCC(=O)N2CCN(Cc3nc4ccc(OC)cc4[nH]3)CC2)cc1. The van der Waals surface area contributed by atoms with Gasteiger partial charge in [0.1, 0.15) is 17.3 Å². The number of piperazine rings is 1. The molecule has 4 rings (SSSR count). The molecule has 1 aliphatic rings. The maximum atomic E-state index is 12.6. The summed E-state index contributed by atoms with van der Waals surface area (Å²) in [6, 6.07) is 13.8. The number of ether oxygens (including phenoxy) is 2. The molecule has 0 saturated carbocycles. The van der Waals surface area contributed by atoms with Crippen molar-refractivity contribution in [3.63, 3.8) is 0 Å². The number of nitrogens with one attached hydrogen (secondary N) is 1. The van der Waals surface area contributed by atoms with Crippen molar-refractivity contribution >= 4 is 16.9 Å². The number of aromatic amines is 1. The van der Waals surface area contributed by atoms with Gasteiger partial charge in [-0.3, -0.25) is 9.69 Å². The standard InChI is InChI=1S/C23H28N4O3/c1-29-18-6-3-17(4-7-18)5-10-23(28)27-13-11-26(12-14-27)16-22-24-20-9-8-19(30-2)15-21(20)25-22/h3-4,6-9,15H,5,10-14,16H2,1-2H3,(H,24,25). The molecule has 1 N–H and O–H groups in total. The molecule has 30 heavy (non-hydrogen) atoms. The first-order valence-corrected chi connectivity index (χ1v) is 10.3. The minimum atomic E-state index is 0.223. The van der Waals surface area contributed by atoms with E-state index in [1.165, 1.54) is 0 Å². The number of amides is 1. The molecule has 7 heteroatoms. The normalized spacial score (nSPS) is 14.8. The van der Waals surface area contributed by atoms with Gasteiger partial charge in [-0.15, -0.1) is 0 Å². The lowest BCUT2D eigenvalue weighted by atomic mass is 10.1. The first-order chi connectivity index (χ1) is 14.6. The van der Waals surface area contributed by atoms with E-state index in [-0.39, 0.29) is 5.91 Å². The van der Waals surface area contributed by atoms with Crippen LogP contribution in [-0.4, -0.2) is 66.1 Å². The van der Waals surface area contributed by atoms with Crippen molar-refractivity contribution in [1.29, 1.82) is 0 Å². The van der Waals surface area contributed by atoms with E-state index in [9.17, 15) is 4.79 Å². The summed E-state index contributed by atoms with van der Waals surface area (Å²) >= 11 is 0. The van der Waals surface area contributed by atoms with Gasteiger partial charge in [-0.05, 0) is 36.2 Å². The highest BCUT2D eigenvalue weighted by Gasteiger charge is 2.21. The summed E-state index contributed by atoms with van der Waals surface area (Å²) in [7, 11) is 3.32. The number of rotatable bonds is 7. The summed E-state index contributed by atoms with van der Waals surface area (Å²) in [6.45, 7) is 3.99. The zero-order chi connectivity index (χ0) is 20.9. The van der Waals surface area contributed by atoms with Crippen molar-refractivity contribution in [2.75, 3.05) is 40.4 Å². The molecule has 0 aliphatic carbocycles. The van der Waals surface area contributed by atoms with Crippen molar-refractivity contribution in [1.82, 2.24) is 19.8 Å². The number of carbonyl (C=O) groups is 1. The lowest BCUT2D eigenvalue weighted by Gasteiger charge is -2.34. The fourth-order valence-electron chi connectivity index (χ4n) is 3.81. The Kier molecular flexibility index (Phi) is 6.18. The van der Waals surface area contributed by atoms with E-state index in [1.807, 2.05) is 47.4 Å². The minimum absolute atomic E-state index is 0.223. The number of hydrogen-bond donors (Lipinski definition) is 1. The predicted molar refractivity (Wildman–Crippen MR) is 116 cm³/mol. The Bertz CT molecular complexity index is 991. The Hall–Kier alpha value is -3.06. The third-order valence-electron chi connectivity index (χ3n) is 5.62. The summed E-state index contributed by atoms with van der Waals surface area (Å²) in [6.07, 6.45) is 1.29. The molecular weight excluding hydrogens is 380 g/mol. The van der Waals surface area contributed by atoms with Gasteiger partial charge in [-0.25, -0.2) is 4.98 Å². The van der Waals surface area contributed by atoms with Crippen LogP contribution in [0.25, 0.3) is 11.0 Å². The zero-order valence-corrected chi connectivity index (χ0v) is 17.6. The Morgan fingerprint density at radius 3 is 2.40 bits per heavy atom. The Balaban J connectivity index is 1.25. The summed E-state index contributed by atoms with van der Waals surface area (Å²) in [4.78, 5) is 24.9. The average molecular weight is 409 g/mol. The second kappa shape index (κ2) is 9.17. The average Bonchev–Trinajstić information content (AvgIpc) is 3.19. The molecule has 1 fully saturated rings. The van der Waals surface area contributed by atoms with Crippen LogP contribution < -0.4 is 9.47 Å². The molecule has 7 nitrogen and oxygen atoms in total. The van der Waals surface area contributed by atoms with E-state index in [0.29, 0.717) is 6.42 Å². The monoisotopic (exact) mass is 408 g/mol. The van der Waals surface area contributed by atoms with Crippen LogP contribution in [0.5, 0.6) is 11.5 Å². The van der Waals surface area contributed by atoms with Gasteiger partial charge in [0.25, 0.3) is 0 Å². The van der Waals surface area contributed by atoms with Crippen LogP contribution in [0, 0.1) is 0 Å². The smallest absolute Gasteiger partial charge is 0.222 e. The molecule has 1 amide bonds. The number of aromatic nitrogens is 2. The molecule has 2 heterocycles. The minimum Gasteiger partial charge on any atom is -0.497 e. The largest absolute Gasteiger partial charge is 0.497 e. The molecule has 1 aromatic heterocycles. The first-order valence-electron chi connectivity index (χ1n) is 10.3. The van der Waals surface area contributed by atoms with Crippen molar-refractivity contribution < 1.29 is 14.3 Å². The highest BCUT2D eigenvalue weighted by atomic mass is 16.5. The van der Waals surface area contributed by atoms with E-state index in [4.69, 9.17) is 9.47 Å². The second-order valence-corrected chi connectivity index (χ2v) is 7.57. The number of fused-ring (bicyclic) bond motifs is 1. The second-order valence-electron chi connectivity index (χ2n) is 7.57. The van der Waals surface area contributed by atoms with E-state index >= 15 is 0 Å². The number of H-pyrrole nitrogens is 1. The van der Waals surface area contributed by atoms with Gasteiger partial charge in [0, 0.05) is 38.7 Å². The van der Waals surface area contributed by atoms with Crippen molar-refractivity contribution in [3.8, 4) is 11.5 Å². The number of carbonyl (C=O) groups excluding carboxylic acids is 1. The highest BCUT2D eigenvalue weighted by molar-refractivity contribution is 5.77. The fraction of sp³-hybridized carbons (Fsp3) is 0.391. The molecule has 1 aliphatic heterocycles. The predicted octanol–water partition coefficient (Wildman–Crippen LogP) is 2.86. The molecule has 0 bridgehead atoms. The van der Waals surface area contributed by atoms with Crippen LogP contribution in [0.15, 0.2) is 42.5 Å². The van der Waals surface area contributed by atoms with Crippen LogP contribution in [0.1, 0.15) is 17.8 Å². The molecule has 0 atom stereocenters. The highest BCUT2D eigenvalue weighted by Crippen LogP contribution is 2.20. The summed E-state index contributed by atoms with van der Waals surface area (Å²) in [5, 5.41) is 0. The van der Waals surface area contributed by atoms with Gasteiger partial charge in [-0.2, -0.15) is 0 Å². The van der Waals surface area contributed by atoms with E-state index in [1.54, 1.807) is 14.2 Å². The molecule has 0 spiro atoms. The van der Waals surface area contributed by atoms with Crippen molar-refractivity contribution in [2.24, 2.45) is 0 Å². The summed E-state index contributed by atoms with van der Waals surface area (Å²) in [5.74, 6) is 2.82. The van der Waals surface area contributed by atoms with Gasteiger partial charge < -0.3 is 19.4 Å². The Labute approximate surface area is 176 Å². The lowest BCUT2D eigenvalue weighted by molar-refractivity contribution is -0.133. The number of nitrogens with zero attached hydrogens (tertiary/aromatic N) is 3. The quantitative estimate of drug-likeness (QED) is 0.651. The number of aryl methyl sites for hydroxylation is 1. The lowest BCUT2D eigenvalue weighted by Crippen LogP contribution is -2.48. The van der Waals surface area contributed by atoms with Gasteiger partial charge >= 0.3 is 0 Å². The van der Waals surface area contributed by atoms with Crippen LogP contribution in [0.2, 0.25) is 0 Å². The number of methoxy groups -OCH3 is 2. The number of benzene rings is 2. The third kappa shape index (κ3) is 4.74. The van der Waals surface area contributed by atoms with Gasteiger partial charge in [-0.1, -0.05) is 12.1 Å². The first kappa shape index (κ1) is 20.2. The third-order valence-corrected chi connectivity index (χ3v) is 5.62.